The molecule has 1 aromatic carbocycles. The zero-order chi connectivity index (χ0) is 13.9. The fourth-order valence-electron chi connectivity index (χ4n) is 1.98. The van der Waals surface area contributed by atoms with E-state index in [0.717, 1.165) is 0 Å². The van der Waals surface area contributed by atoms with Crippen LogP contribution in [-0.4, -0.2) is 27.5 Å². The third-order valence-electron chi connectivity index (χ3n) is 2.91. The Hall–Kier alpha value is -1.66. The molecule has 0 bridgehead atoms. The average Bonchev–Trinajstić information content (AvgIpc) is 2.90. The predicted molar refractivity (Wildman–Crippen MR) is 70.3 cm³/mol. The molecule has 6 heteroatoms. The summed E-state index contributed by atoms with van der Waals surface area (Å²) in [7, 11) is -2.50. The van der Waals surface area contributed by atoms with Crippen LogP contribution in [-0.2, 0) is 14.8 Å². The van der Waals surface area contributed by atoms with Crippen molar-refractivity contribution in [3.8, 4) is 0 Å². The first-order valence-electron chi connectivity index (χ1n) is 5.89. The maximum Gasteiger partial charge on any atom is 0.339 e. The quantitative estimate of drug-likeness (QED) is 0.670. The summed E-state index contributed by atoms with van der Waals surface area (Å²) in [4.78, 5) is 11.5. The van der Waals surface area contributed by atoms with E-state index in [1.165, 1.54) is 19.2 Å². The molecule has 19 heavy (non-hydrogen) atoms. The minimum atomic E-state index is -3.72. The first-order chi connectivity index (χ1) is 9.04. The molecule has 0 unspecified atom stereocenters. The molecule has 0 saturated heterocycles. The maximum absolute atomic E-state index is 12.3. The van der Waals surface area contributed by atoms with Gasteiger partial charge in [0, 0.05) is 6.04 Å². The fourth-order valence-corrected chi connectivity index (χ4v) is 3.43. The van der Waals surface area contributed by atoms with Crippen molar-refractivity contribution < 1.29 is 17.9 Å². The molecular weight excluding hydrogens is 266 g/mol. The first kappa shape index (κ1) is 13.8. The highest BCUT2D eigenvalue weighted by Gasteiger charge is 2.25. The standard InChI is InChI=1S/C13H15NO4S/c1-18-13(15)11-8-4-5-9-12(11)19(16,17)14-10-6-2-3-7-10/h2-5,8-10,14H,6-7H2,1H3. The second-order valence-electron chi connectivity index (χ2n) is 4.25. The molecule has 1 aliphatic carbocycles. The Bertz CT molecular complexity index is 599. The Kier molecular flexibility index (Phi) is 4.01. The van der Waals surface area contributed by atoms with Gasteiger partial charge in [0.05, 0.1) is 17.6 Å². The number of hydrogen-bond donors (Lipinski definition) is 1. The van der Waals surface area contributed by atoms with Crippen molar-refractivity contribution in [2.45, 2.75) is 23.8 Å². The van der Waals surface area contributed by atoms with Crippen LogP contribution in [0.5, 0.6) is 0 Å². The van der Waals surface area contributed by atoms with Crippen molar-refractivity contribution in [3.05, 3.63) is 42.0 Å². The Morgan fingerprint density at radius 3 is 2.53 bits per heavy atom. The lowest BCUT2D eigenvalue weighted by atomic mass is 10.2. The number of sulfonamides is 1. The van der Waals surface area contributed by atoms with Crippen molar-refractivity contribution in [2.75, 3.05) is 7.11 Å². The summed E-state index contributed by atoms with van der Waals surface area (Å²) in [5, 5.41) is 0. The van der Waals surface area contributed by atoms with Gasteiger partial charge in [-0.1, -0.05) is 24.3 Å². The Labute approximate surface area is 112 Å². The molecule has 5 nitrogen and oxygen atoms in total. The summed E-state index contributed by atoms with van der Waals surface area (Å²) in [5.74, 6) is -0.662. The van der Waals surface area contributed by atoms with Crippen LogP contribution in [0.15, 0.2) is 41.3 Å². The third kappa shape index (κ3) is 3.02. The van der Waals surface area contributed by atoms with Crippen LogP contribution in [0.25, 0.3) is 0 Å². The molecule has 0 heterocycles. The summed E-state index contributed by atoms with van der Waals surface area (Å²) < 4.78 is 31.8. The van der Waals surface area contributed by atoms with Gasteiger partial charge in [0.2, 0.25) is 10.0 Å². The van der Waals surface area contributed by atoms with Crippen molar-refractivity contribution in [3.63, 3.8) is 0 Å². The lowest BCUT2D eigenvalue weighted by Gasteiger charge is -2.14. The molecule has 0 spiro atoms. The van der Waals surface area contributed by atoms with Crippen LogP contribution >= 0.6 is 0 Å². The lowest BCUT2D eigenvalue weighted by molar-refractivity contribution is 0.0596. The second-order valence-corrected chi connectivity index (χ2v) is 5.93. The van der Waals surface area contributed by atoms with E-state index in [4.69, 9.17) is 0 Å². The van der Waals surface area contributed by atoms with E-state index in [-0.39, 0.29) is 16.5 Å². The summed E-state index contributed by atoms with van der Waals surface area (Å²) >= 11 is 0. The van der Waals surface area contributed by atoms with Crippen LogP contribution in [0.2, 0.25) is 0 Å². The molecule has 1 aromatic rings. The van der Waals surface area contributed by atoms with E-state index in [1.54, 1.807) is 12.1 Å². The first-order valence-corrected chi connectivity index (χ1v) is 7.37. The van der Waals surface area contributed by atoms with E-state index in [1.807, 2.05) is 12.2 Å². The molecule has 0 atom stereocenters. The molecule has 2 rings (SSSR count). The summed E-state index contributed by atoms with van der Waals surface area (Å²) in [6, 6.07) is 5.87. The highest BCUT2D eigenvalue weighted by atomic mass is 32.2. The Morgan fingerprint density at radius 1 is 1.26 bits per heavy atom. The van der Waals surface area contributed by atoms with Crippen LogP contribution in [0.1, 0.15) is 23.2 Å². The number of hydrogen-bond acceptors (Lipinski definition) is 4. The van der Waals surface area contributed by atoms with Gasteiger partial charge in [0.15, 0.2) is 0 Å². The zero-order valence-corrected chi connectivity index (χ0v) is 11.3. The Balaban J connectivity index is 2.32. The van der Waals surface area contributed by atoms with E-state index < -0.39 is 16.0 Å². The number of carbonyl (C=O) groups is 1. The maximum atomic E-state index is 12.3. The van der Waals surface area contributed by atoms with Crippen molar-refractivity contribution in [2.24, 2.45) is 0 Å². The van der Waals surface area contributed by atoms with E-state index in [9.17, 15) is 13.2 Å². The summed E-state index contributed by atoms with van der Waals surface area (Å²) in [6.45, 7) is 0. The molecule has 102 valence electrons. The number of ether oxygens (including phenoxy) is 1. The van der Waals surface area contributed by atoms with E-state index in [2.05, 4.69) is 9.46 Å². The zero-order valence-electron chi connectivity index (χ0n) is 10.5. The van der Waals surface area contributed by atoms with E-state index >= 15 is 0 Å². The Morgan fingerprint density at radius 2 is 1.89 bits per heavy atom. The SMILES string of the molecule is COC(=O)c1ccccc1S(=O)(=O)NC1CC=CC1. The number of benzene rings is 1. The molecule has 1 aliphatic rings. The van der Waals surface area contributed by atoms with Crippen LogP contribution in [0.3, 0.4) is 0 Å². The van der Waals surface area contributed by atoms with Gasteiger partial charge in [0.1, 0.15) is 0 Å². The van der Waals surface area contributed by atoms with Gasteiger partial charge in [-0.25, -0.2) is 17.9 Å². The van der Waals surface area contributed by atoms with Crippen molar-refractivity contribution in [1.82, 2.24) is 4.72 Å². The largest absolute Gasteiger partial charge is 0.465 e. The van der Waals surface area contributed by atoms with Crippen molar-refractivity contribution in [1.29, 1.82) is 0 Å². The highest BCUT2D eigenvalue weighted by molar-refractivity contribution is 7.89. The van der Waals surface area contributed by atoms with Gasteiger partial charge in [-0.15, -0.1) is 0 Å². The summed E-state index contributed by atoms with van der Waals surface area (Å²) in [5.41, 5.74) is 0.0449. The number of nitrogens with one attached hydrogen (secondary N) is 1. The van der Waals surface area contributed by atoms with Crippen LogP contribution < -0.4 is 4.72 Å². The van der Waals surface area contributed by atoms with Crippen LogP contribution in [0, 0.1) is 0 Å². The number of methoxy groups -OCH3 is 1. The normalized spacial score (nSPS) is 15.6. The van der Waals surface area contributed by atoms with Crippen LogP contribution in [0.4, 0.5) is 0 Å². The molecule has 0 amide bonds. The van der Waals surface area contributed by atoms with Gasteiger partial charge in [-0.2, -0.15) is 0 Å². The number of carbonyl (C=O) groups excluding carboxylic acids is 1. The smallest absolute Gasteiger partial charge is 0.339 e. The second kappa shape index (κ2) is 5.54. The van der Waals surface area contributed by atoms with E-state index in [0.29, 0.717) is 12.8 Å². The van der Waals surface area contributed by atoms with Gasteiger partial charge < -0.3 is 4.74 Å². The minimum absolute atomic E-state index is 0.0449. The third-order valence-corrected chi connectivity index (χ3v) is 4.49. The van der Waals surface area contributed by atoms with Gasteiger partial charge in [-0.3, -0.25) is 0 Å². The number of rotatable bonds is 4. The van der Waals surface area contributed by atoms with Gasteiger partial charge in [-0.05, 0) is 25.0 Å². The summed E-state index contributed by atoms with van der Waals surface area (Å²) in [6.07, 6.45) is 5.19. The number of esters is 1. The molecule has 1 N–H and O–H groups in total. The molecule has 0 radical (unpaired) electrons. The predicted octanol–water partition coefficient (Wildman–Crippen LogP) is 1.47. The average molecular weight is 281 g/mol. The lowest BCUT2D eigenvalue weighted by Crippen LogP contribution is -2.33. The van der Waals surface area contributed by atoms with Gasteiger partial charge in [0.25, 0.3) is 0 Å². The molecular formula is C13H15NO4S. The molecule has 0 aliphatic heterocycles. The highest BCUT2D eigenvalue weighted by Crippen LogP contribution is 2.19. The molecule has 0 aromatic heterocycles. The monoisotopic (exact) mass is 281 g/mol. The molecule has 0 saturated carbocycles. The van der Waals surface area contributed by atoms with Gasteiger partial charge >= 0.3 is 5.97 Å². The molecule has 0 fully saturated rings. The van der Waals surface area contributed by atoms with Crippen molar-refractivity contribution >= 4 is 16.0 Å². The fraction of sp³-hybridized carbons (Fsp3) is 0.308. The minimum Gasteiger partial charge on any atom is -0.465 e. The topological polar surface area (TPSA) is 72.5 Å².